The van der Waals surface area contributed by atoms with E-state index in [1.165, 1.54) is 12.8 Å². The molecule has 0 radical (unpaired) electrons. The maximum absolute atomic E-state index is 12.7. The molecule has 0 aromatic carbocycles. The maximum atomic E-state index is 12.7. The van der Waals surface area contributed by atoms with Crippen molar-refractivity contribution in [3.05, 3.63) is 0 Å². The fourth-order valence-corrected chi connectivity index (χ4v) is 2.85. The van der Waals surface area contributed by atoms with Crippen molar-refractivity contribution >= 4 is 5.91 Å². The molecule has 19 heavy (non-hydrogen) atoms. The molecule has 0 aliphatic carbocycles. The molecule has 0 aromatic heterocycles. The van der Waals surface area contributed by atoms with Crippen LogP contribution >= 0.6 is 0 Å². The molecule has 1 rings (SSSR count). The standard InChI is InChI=1S/C16H32N2O/c1-5-8-11-18(13(4)6-2)16(19)15-12-14(7-3)9-10-17-15/h13-15,17H,5-12H2,1-4H3. The predicted octanol–water partition coefficient (Wildman–Crippen LogP) is 3.19. The highest BCUT2D eigenvalue weighted by Crippen LogP contribution is 2.21. The van der Waals surface area contributed by atoms with Crippen molar-refractivity contribution in [1.29, 1.82) is 0 Å². The molecule has 3 nitrogen and oxygen atoms in total. The van der Waals surface area contributed by atoms with Gasteiger partial charge in [0.05, 0.1) is 6.04 Å². The average molecular weight is 268 g/mol. The lowest BCUT2D eigenvalue weighted by molar-refractivity contribution is -0.136. The lowest BCUT2D eigenvalue weighted by Crippen LogP contribution is -2.52. The van der Waals surface area contributed by atoms with Gasteiger partial charge in [0.15, 0.2) is 0 Å². The summed E-state index contributed by atoms with van der Waals surface area (Å²) in [5.41, 5.74) is 0. The van der Waals surface area contributed by atoms with Crippen molar-refractivity contribution in [2.75, 3.05) is 13.1 Å². The molecule has 3 atom stereocenters. The molecule has 0 saturated carbocycles. The molecular formula is C16H32N2O. The topological polar surface area (TPSA) is 32.3 Å². The van der Waals surface area contributed by atoms with Crippen LogP contribution < -0.4 is 5.32 Å². The second-order valence-corrected chi connectivity index (χ2v) is 5.95. The fraction of sp³-hybridized carbons (Fsp3) is 0.938. The largest absolute Gasteiger partial charge is 0.339 e. The molecular weight excluding hydrogens is 236 g/mol. The minimum absolute atomic E-state index is 0.0598. The van der Waals surface area contributed by atoms with Gasteiger partial charge >= 0.3 is 0 Å². The van der Waals surface area contributed by atoms with Crippen LogP contribution in [0.15, 0.2) is 0 Å². The van der Waals surface area contributed by atoms with E-state index in [0.29, 0.717) is 11.9 Å². The van der Waals surface area contributed by atoms with E-state index < -0.39 is 0 Å². The normalized spacial score (nSPS) is 25.1. The third-order valence-corrected chi connectivity index (χ3v) is 4.55. The second-order valence-electron chi connectivity index (χ2n) is 5.95. The van der Waals surface area contributed by atoms with Gasteiger partial charge in [0.2, 0.25) is 5.91 Å². The Kier molecular flexibility index (Phi) is 7.44. The molecule has 3 unspecified atom stereocenters. The van der Waals surface area contributed by atoms with E-state index in [4.69, 9.17) is 0 Å². The summed E-state index contributed by atoms with van der Waals surface area (Å²) < 4.78 is 0. The Morgan fingerprint density at radius 2 is 2.11 bits per heavy atom. The van der Waals surface area contributed by atoms with Crippen molar-refractivity contribution in [1.82, 2.24) is 10.2 Å². The number of piperidine rings is 1. The Morgan fingerprint density at radius 3 is 2.68 bits per heavy atom. The van der Waals surface area contributed by atoms with E-state index >= 15 is 0 Å². The van der Waals surface area contributed by atoms with Gasteiger partial charge < -0.3 is 10.2 Å². The van der Waals surface area contributed by atoms with Gasteiger partial charge in [-0.1, -0.05) is 33.6 Å². The molecule has 0 spiro atoms. The highest BCUT2D eigenvalue weighted by molar-refractivity contribution is 5.82. The highest BCUT2D eigenvalue weighted by Gasteiger charge is 2.30. The molecule has 0 aromatic rings. The number of hydrogen-bond acceptors (Lipinski definition) is 2. The van der Waals surface area contributed by atoms with Gasteiger partial charge in [0, 0.05) is 12.6 Å². The number of unbranched alkanes of at least 4 members (excludes halogenated alkanes) is 1. The Labute approximate surface area is 119 Å². The molecule has 3 heteroatoms. The van der Waals surface area contributed by atoms with Crippen molar-refractivity contribution in [2.45, 2.75) is 78.3 Å². The number of carbonyl (C=O) groups excluding carboxylic acids is 1. The van der Waals surface area contributed by atoms with Gasteiger partial charge in [-0.2, -0.15) is 0 Å². The summed E-state index contributed by atoms with van der Waals surface area (Å²) >= 11 is 0. The average Bonchev–Trinajstić information content (AvgIpc) is 2.47. The first-order valence-corrected chi connectivity index (χ1v) is 8.17. The van der Waals surface area contributed by atoms with Crippen LogP contribution in [0.25, 0.3) is 0 Å². The van der Waals surface area contributed by atoms with Crippen LogP contribution in [0.5, 0.6) is 0 Å². The zero-order valence-corrected chi connectivity index (χ0v) is 13.2. The fourth-order valence-electron chi connectivity index (χ4n) is 2.85. The second kappa shape index (κ2) is 8.57. The summed E-state index contributed by atoms with van der Waals surface area (Å²) in [5, 5.41) is 3.43. The van der Waals surface area contributed by atoms with Crippen molar-refractivity contribution in [2.24, 2.45) is 5.92 Å². The highest BCUT2D eigenvalue weighted by atomic mass is 16.2. The Bertz CT molecular complexity index is 267. The first-order valence-electron chi connectivity index (χ1n) is 8.17. The van der Waals surface area contributed by atoms with Gasteiger partial charge in [-0.25, -0.2) is 0 Å². The molecule has 1 aliphatic heterocycles. The molecule has 1 N–H and O–H groups in total. The molecule has 0 bridgehead atoms. The summed E-state index contributed by atoms with van der Waals surface area (Å²) in [5.74, 6) is 1.06. The monoisotopic (exact) mass is 268 g/mol. The number of amides is 1. The van der Waals surface area contributed by atoms with E-state index in [1.54, 1.807) is 0 Å². The van der Waals surface area contributed by atoms with E-state index in [-0.39, 0.29) is 6.04 Å². The van der Waals surface area contributed by atoms with Crippen LogP contribution in [0.3, 0.4) is 0 Å². The van der Waals surface area contributed by atoms with Crippen LogP contribution in [0.2, 0.25) is 0 Å². The molecule has 1 fully saturated rings. The molecule has 112 valence electrons. The summed E-state index contributed by atoms with van der Waals surface area (Å²) in [4.78, 5) is 14.8. The van der Waals surface area contributed by atoms with Gasteiger partial charge in [-0.05, 0) is 45.1 Å². The smallest absolute Gasteiger partial charge is 0.239 e. The van der Waals surface area contributed by atoms with Crippen molar-refractivity contribution in [3.8, 4) is 0 Å². The minimum atomic E-state index is 0.0598. The van der Waals surface area contributed by atoms with Gasteiger partial charge in [-0.3, -0.25) is 4.79 Å². The number of rotatable bonds is 7. The zero-order valence-electron chi connectivity index (χ0n) is 13.2. The van der Waals surface area contributed by atoms with Crippen molar-refractivity contribution in [3.63, 3.8) is 0 Å². The molecule has 1 aliphatic rings. The third-order valence-electron chi connectivity index (χ3n) is 4.55. The number of hydrogen-bond donors (Lipinski definition) is 1. The first kappa shape index (κ1) is 16.5. The first-order chi connectivity index (χ1) is 9.13. The molecule has 1 amide bonds. The number of carbonyl (C=O) groups is 1. The minimum Gasteiger partial charge on any atom is -0.339 e. The van der Waals surface area contributed by atoms with Crippen LogP contribution in [-0.2, 0) is 4.79 Å². The van der Waals surface area contributed by atoms with Crippen molar-refractivity contribution < 1.29 is 4.79 Å². The van der Waals surface area contributed by atoms with Crippen LogP contribution in [0, 0.1) is 5.92 Å². The van der Waals surface area contributed by atoms with E-state index in [9.17, 15) is 4.79 Å². The van der Waals surface area contributed by atoms with Gasteiger partial charge in [-0.15, -0.1) is 0 Å². The predicted molar refractivity (Wildman–Crippen MR) is 81.2 cm³/mol. The molecule has 1 heterocycles. The third kappa shape index (κ3) is 4.79. The summed E-state index contributed by atoms with van der Waals surface area (Å²) in [6.07, 6.45) is 6.74. The van der Waals surface area contributed by atoms with Crippen LogP contribution in [0.1, 0.15) is 66.2 Å². The van der Waals surface area contributed by atoms with E-state index in [1.807, 2.05) is 0 Å². The van der Waals surface area contributed by atoms with E-state index in [0.717, 1.165) is 44.7 Å². The summed E-state index contributed by atoms with van der Waals surface area (Å²) in [6.45, 7) is 10.7. The Morgan fingerprint density at radius 1 is 1.37 bits per heavy atom. The lowest BCUT2D eigenvalue weighted by atomic mass is 9.89. The molecule has 1 saturated heterocycles. The van der Waals surface area contributed by atoms with Crippen LogP contribution in [-0.4, -0.2) is 36.0 Å². The Hall–Kier alpha value is -0.570. The maximum Gasteiger partial charge on any atom is 0.239 e. The van der Waals surface area contributed by atoms with Gasteiger partial charge in [0.1, 0.15) is 0 Å². The lowest BCUT2D eigenvalue weighted by Gasteiger charge is -2.36. The number of nitrogens with zero attached hydrogens (tertiary/aromatic N) is 1. The summed E-state index contributed by atoms with van der Waals surface area (Å²) in [7, 11) is 0. The van der Waals surface area contributed by atoms with Crippen LogP contribution in [0.4, 0.5) is 0 Å². The summed E-state index contributed by atoms with van der Waals surface area (Å²) in [6, 6.07) is 0.424. The SMILES string of the molecule is CCCCN(C(=O)C1CC(CC)CCN1)C(C)CC. The Balaban J connectivity index is 2.63. The van der Waals surface area contributed by atoms with E-state index in [2.05, 4.69) is 37.9 Å². The quantitative estimate of drug-likeness (QED) is 0.769. The van der Waals surface area contributed by atoms with Gasteiger partial charge in [0.25, 0.3) is 0 Å². The zero-order chi connectivity index (χ0) is 14.3. The number of nitrogens with one attached hydrogen (secondary N) is 1.